The monoisotopic (exact) mass is 586 g/mol. The van der Waals surface area contributed by atoms with Gasteiger partial charge in [0.15, 0.2) is 5.13 Å². The highest BCUT2D eigenvalue weighted by molar-refractivity contribution is 7.89. The molecule has 1 amide bonds. The lowest BCUT2D eigenvalue weighted by Crippen LogP contribution is -2.39. The van der Waals surface area contributed by atoms with Crippen LogP contribution in [0.3, 0.4) is 0 Å². The summed E-state index contributed by atoms with van der Waals surface area (Å²) in [5, 5.41) is 1.12. The maximum absolute atomic E-state index is 13.7. The number of para-hydroxylation sites is 1. The second-order valence-corrected chi connectivity index (χ2v) is 11.8. The number of carbonyl (C=O) groups is 1. The van der Waals surface area contributed by atoms with Gasteiger partial charge in [-0.3, -0.25) is 9.69 Å². The number of rotatable bonds is 13. The number of benzene rings is 2. The number of nitrogens with zero attached hydrogens (tertiary/aromatic N) is 4. The van der Waals surface area contributed by atoms with Gasteiger partial charge >= 0.3 is 0 Å². The topological polar surface area (TPSA) is 73.8 Å². The maximum atomic E-state index is 13.7. The summed E-state index contributed by atoms with van der Waals surface area (Å²) in [6, 6.07) is 11.8. The molecular formula is C26H36Cl2N4O3S2. The van der Waals surface area contributed by atoms with Crippen LogP contribution < -0.4 is 4.90 Å². The lowest BCUT2D eigenvalue weighted by molar-refractivity contribution is 0.0983. The second-order valence-electron chi connectivity index (χ2n) is 8.44. The summed E-state index contributed by atoms with van der Waals surface area (Å²) in [4.78, 5) is 22.5. The van der Waals surface area contributed by atoms with E-state index in [-0.39, 0.29) is 23.2 Å². The molecule has 0 aliphatic heterocycles. The Morgan fingerprint density at radius 2 is 1.62 bits per heavy atom. The van der Waals surface area contributed by atoms with Gasteiger partial charge in [0.25, 0.3) is 5.91 Å². The number of hydrogen-bond acceptors (Lipinski definition) is 6. The summed E-state index contributed by atoms with van der Waals surface area (Å²) in [5.74, 6) is -0.223. The smallest absolute Gasteiger partial charge is 0.260 e. The number of sulfonamides is 1. The van der Waals surface area contributed by atoms with E-state index in [0.29, 0.717) is 47.4 Å². The van der Waals surface area contributed by atoms with Gasteiger partial charge in [0.1, 0.15) is 5.52 Å². The molecule has 0 aliphatic carbocycles. The van der Waals surface area contributed by atoms with E-state index >= 15 is 0 Å². The SMILES string of the molecule is CCCCN(CC)S(=O)(=O)c1ccc(C(=O)N(CCN(CC)CC)c2nc3c(Cl)cccc3s2)cc1.Cl. The van der Waals surface area contributed by atoms with Crippen LogP contribution >= 0.6 is 35.3 Å². The van der Waals surface area contributed by atoms with Crippen LogP contribution in [0, 0.1) is 0 Å². The normalized spacial score (nSPS) is 11.8. The molecule has 2 aromatic carbocycles. The van der Waals surface area contributed by atoms with E-state index in [1.54, 1.807) is 23.1 Å². The van der Waals surface area contributed by atoms with Crippen LogP contribution in [0.1, 0.15) is 50.9 Å². The standard InChI is InChI=1S/C26H35ClN4O3S2.ClH/c1-5-9-17-30(8-4)36(33,34)21-15-13-20(14-16-21)25(32)31(19-18-29(6-2)7-3)26-28-24-22(27)11-10-12-23(24)35-26;/h10-16H,5-9,17-19H2,1-4H3;1H. The van der Waals surface area contributed by atoms with Crippen molar-refractivity contribution in [2.45, 2.75) is 45.4 Å². The molecule has 0 unspecified atom stereocenters. The van der Waals surface area contributed by atoms with Crippen molar-refractivity contribution in [1.82, 2.24) is 14.2 Å². The average molecular weight is 588 g/mol. The molecule has 0 N–H and O–H groups in total. The van der Waals surface area contributed by atoms with Crippen molar-refractivity contribution >= 4 is 66.6 Å². The van der Waals surface area contributed by atoms with Gasteiger partial charge in [-0.1, -0.05) is 63.1 Å². The van der Waals surface area contributed by atoms with E-state index in [9.17, 15) is 13.2 Å². The highest BCUT2D eigenvalue weighted by Gasteiger charge is 2.25. The molecular weight excluding hydrogens is 551 g/mol. The summed E-state index contributed by atoms with van der Waals surface area (Å²) < 4.78 is 28.6. The van der Waals surface area contributed by atoms with Gasteiger partial charge in [0.2, 0.25) is 10.0 Å². The molecule has 0 saturated heterocycles. The van der Waals surface area contributed by atoms with Crippen LogP contribution in [0.5, 0.6) is 0 Å². The van der Waals surface area contributed by atoms with Crippen LogP contribution in [0.4, 0.5) is 5.13 Å². The van der Waals surface area contributed by atoms with Gasteiger partial charge in [0.05, 0.1) is 14.6 Å². The van der Waals surface area contributed by atoms with Gasteiger partial charge in [0, 0.05) is 31.7 Å². The molecule has 7 nitrogen and oxygen atoms in total. The van der Waals surface area contributed by atoms with Crippen molar-refractivity contribution in [1.29, 1.82) is 0 Å². The van der Waals surface area contributed by atoms with Crippen LogP contribution in [0.2, 0.25) is 5.02 Å². The van der Waals surface area contributed by atoms with Gasteiger partial charge < -0.3 is 4.90 Å². The van der Waals surface area contributed by atoms with E-state index in [1.807, 2.05) is 26.0 Å². The predicted molar refractivity (Wildman–Crippen MR) is 157 cm³/mol. The molecule has 3 rings (SSSR count). The fraction of sp³-hybridized carbons (Fsp3) is 0.462. The summed E-state index contributed by atoms with van der Waals surface area (Å²) in [5.41, 5.74) is 1.09. The fourth-order valence-corrected chi connectivity index (χ4v) is 6.72. The van der Waals surface area contributed by atoms with Crippen molar-refractivity contribution in [3.63, 3.8) is 0 Å². The minimum absolute atomic E-state index is 0. The third kappa shape index (κ3) is 7.43. The number of hydrogen-bond donors (Lipinski definition) is 0. The second kappa shape index (κ2) is 14.4. The molecule has 0 spiro atoms. The maximum Gasteiger partial charge on any atom is 0.260 e. The molecule has 0 bridgehead atoms. The van der Waals surface area contributed by atoms with Crippen molar-refractivity contribution in [2.24, 2.45) is 0 Å². The van der Waals surface area contributed by atoms with Crippen molar-refractivity contribution < 1.29 is 13.2 Å². The Hall–Kier alpha value is -1.75. The first-order valence-electron chi connectivity index (χ1n) is 12.5. The Morgan fingerprint density at radius 1 is 0.946 bits per heavy atom. The molecule has 0 radical (unpaired) electrons. The number of anilines is 1. The molecule has 0 fully saturated rings. The Morgan fingerprint density at radius 3 is 2.19 bits per heavy atom. The zero-order valence-corrected chi connectivity index (χ0v) is 25.0. The number of aromatic nitrogens is 1. The van der Waals surface area contributed by atoms with E-state index in [2.05, 4.69) is 23.7 Å². The van der Waals surface area contributed by atoms with E-state index in [1.165, 1.54) is 27.8 Å². The number of unbranched alkanes of at least 4 members (excludes halogenated alkanes) is 1. The summed E-state index contributed by atoms with van der Waals surface area (Å²) in [7, 11) is -3.61. The summed E-state index contributed by atoms with van der Waals surface area (Å²) in [6.45, 7) is 11.8. The van der Waals surface area contributed by atoms with Crippen molar-refractivity contribution in [3.8, 4) is 0 Å². The highest BCUT2D eigenvalue weighted by Crippen LogP contribution is 2.33. The Bertz CT molecular complexity index is 1260. The Labute approximate surface area is 235 Å². The van der Waals surface area contributed by atoms with E-state index in [4.69, 9.17) is 11.6 Å². The Kier molecular flexibility index (Phi) is 12.3. The quantitative estimate of drug-likeness (QED) is 0.239. The zero-order chi connectivity index (χ0) is 26.3. The molecule has 11 heteroatoms. The van der Waals surface area contributed by atoms with Crippen LogP contribution in [-0.2, 0) is 10.0 Å². The van der Waals surface area contributed by atoms with Crippen LogP contribution in [0.15, 0.2) is 47.4 Å². The minimum atomic E-state index is -3.61. The van der Waals surface area contributed by atoms with Gasteiger partial charge in [-0.05, 0) is 55.9 Å². The van der Waals surface area contributed by atoms with E-state index < -0.39 is 10.0 Å². The number of likely N-dealkylation sites (N-methyl/N-ethyl adjacent to an activating group) is 1. The van der Waals surface area contributed by atoms with E-state index in [0.717, 1.165) is 30.6 Å². The molecule has 37 heavy (non-hydrogen) atoms. The van der Waals surface area contributed by atoms with Crippen LogP contribution in [-0.4, -0.2) is 67.8 Å². The number of carbonyl (C=O) groups excluding carboxylic acids is 1. The fourth-order valence-electron chi connectivity index (χ4n) is 3.94. The highest BCUT2D eigenvalue weighted by atomic mass is 35.5. The van der Waals surface area contributed by atoms with Crippen molar-refractivity contribution in [2.75, 3.05) is 44.2 Å². The first-order valence-corrected chi connectivity index (χ1v) is 15.1. The first-order chi connectivity index (χ1) is 17.3. The molecule has 0 atom stereocenters. The van der Waals surface area contributed by atoms with Gasteiger partial charge in [-0.15, -0.1) is 12.4 Å². The zero-order valence-electron chi connectivity index (χ0n) is 21.8. The van der Waals surface area contributed by atoms with Gasteiger partial charge in [-0.2, -0.15) is 4.31 Å². The molecule has 3 aromatic rings. The van der Waals surface area contributed by atoms with Gasteiger partial charge in [-0.25, -0.2) is 13.4 Å². The molecule has 204 valence electrons. The molecule has 0 aliphatic rings. The number of fused-ring (bicyclic) bond motifs is 1. The summed E-state index contributed by atoms with van der Waals surface area (Å²) >= 11 is 7.76. The lowest BCUT2D eigenvalue weighted by atomic mass is 10.2. The predicted octanol–water partition coefficient (Wildman–Crippen LogP) is 6.17. The number of amides is 1. The summed E-state index contributed by atoms with van der Waals surface area (Å²) in [6.07, 6.45) is 1.72. The van der Waals surface area contributed by atoms with Crippen molar-refractivity contribution in [3.05, 3.63) is 53.1 Å². The third-order valence-electron chi connectivity index (χ3n) is 6.22. The average Bonchev–Trinajstić information content (AvgIpc) is 3.32. The largest absolute Gasteiger partial charge is 0.302 e. The molecule has 1 aromatic heterocycles. The number of halogens is 2. The molecule has 1 heterocycles. The Balaban J connectivity index is 0.00000481. The third-order valence-corrected chi connectivity index (χ3v) is 9.56. The van der Waals surface area contributed by atoms with Crippen LogP contribution in [0.25, 0.3) is 10.2 Å². The first kappa shape index (κ1) is 31.5. The lowest BCUT2D eigenvalue weighted by Gasteiger charge is -2.25. The molecule has 0 saturated carbocycles. The minimum Gasteiger partial charge on any atom is -0.302 e. The number of thiazole rings is 1.